The summed E-state index contributed by atoms with van der Waals surface area (Å²) < 4.78 is 43.0. The fourth-order valence-corrected chi connectivity index (χ4v) is 4.16. The van der Waals surface area contributed by atoms with Gasteiger partial charge in [0.2, 0.25) is 0 Å². The maximum atomic E-state index is 11.5. The Labute approximate surface area is 228 Å². The van der Waals surface area contributed by atoms with Crippen molar-refractivity contribution >= 4 is 15.2 Å². The zero-order valence-electron chi connectivity index (χ0n) is 24.4. The van der Waals surface area contributed by atoms with Gasteiger partial charge in [-0.3, -0.25) is 9.09 Å². The van der Waals surface area contributed by atoms with Gasteiger partial charge in [-0.2, -0.15) is 0 Å². The molecule has 0 bridgehead atoms. The minimum absolute atomic E-state index is 0.0354. The maximum Gasteiger partial charge on any atom is 0.472 e. The third-order valence-corrected chi connectivity index (χ3v) is 6.80. The summed E-state index contributed by atoms with van der Waals surface area (Å²) in [6.45, 7) is 19.5. The monoisotopic (exact) mass is 572 g/mol. The molecular weight excluding hydrogens is 526 g/mol. The lowest BCUT2D eigenvalue weighted by Gasteiger charge is -2.20. The van der Waals surface area contributed by atoms with Crippen LogP contribution >= 0.6 is 15.2 Å². The van der Waals surface area contributed by atoms with Crippen LogP contribution in [0.25, 0.3) is 0 Å². The number of phosphoric ester groups is 1. The Morgan fingerprint density at radius 3 is 1.13 bits per heavy atom. The van der Waals surface area contributed by atoms with Crippen LogP contribution in [0.3, 0.4) is 0 Å². The molecule has 38 heavy (non-hydrogen) atoms. The molecule has 0 heterocycles. The van der Waals surface area contributed by atoms with Crippen molar-refractivity contribution < 1.29 is 37.4 Å². The lowest BCUT2D eigenvalue weighted by atomic mass is 9.94. The second-order valence-corrected chi connectivity index (χ2v) is 14.7. The second kappa shape index (κ2) is 15.2. The Balaban J connectivity index is 0.000000380. The topological polar surface area (TPSA) is 112 Å². The van der Waals surface area contributed by atoms with Crippen LogP contribution in [0.5, 0.6) is 11.5 Å². The number of hydrogen-bond acceptors (Lipinski definition) is 6. The molecule has 0 spiro atoms. The molecule has 2 N–H and O–H groups in total. The fourth-order valence-electron chi connectivity index (χ4n) is 3.67. The van der Waals surface area contributed by atoms with Gasteiger partial charge in [0.25, 0.3) is 0 Å². The van der Waals surface area contributed by atoms with Crippen LogP contribution in [0, 0.1) is 0 Å². The Hall–Kier alpha value is -1.66. The van der Waals surface area contributed by atoms with Crippen LogP contribution in [0.2, 0.25) is 0 Å². The van der Waals surface area contributed by atoms with Gasteiger partial charge in [-0.05, 0) is 45.9 Å². The van der Waals surface area contributed by atoms with E-state index in [1.54, 1.807) is 13.3 Å². The SMILES string of the molecule is CC(C)c1cccc(C(C)C)c1OCOP(=O)(O)O.CC(C)c1cccc(C(C)C)c1OCOP(C)(C)=O. The molecule has 0 aliphatic heterocycles. The zero-order valence-corrected chi connectivity index (χ0v) is 26.2. The Kier molecular flexibility index (Phi) is 13.8. The summed E-state index contributed by atoms with van der Waals surface area (Å²) in [6, 6.07) is 12.1. The molecule has 2 aromatic carbocycles. The van der Waals surface area contributed by atoms with Gasteiger partial charge in [0.05, 0.1) is 0 Å². The number of ether oxygens (including phenoxy) is 2. The molecule has 0 atom stereocenters. The lowest BCUT2D eigenvalue weighted by molar-refractivity contribution is 0.0811. The molecule has 2 aromatic rings. The van der Waals surface area contributed by atoms with Gasteiger partial charge in [-0.25, -0.2) is 9.09 Å². The van der Waals surface area contributed by atoms with Gasteiger partial charge < -0.3 is 19.3 Å². The number of phosphoric acid groups is 1. The van der Waals surface area contributed by atoms with E-state index in [0.29, 0.717) is 17.6 Å². The highest BCUT2D eigenvalue weighted by atomic mass is 31.2. The highest BCUT2D eigenvalue weighted by Gasteiger charge is 2.19. The minimum atomic E-state index is -4.51. The molecule has 8 nitrogen and oxygen atoms in total. The first-order valence-corrected chi connectivity index (χ1v) is 16.9. The summed E-state index contributed by atoms with van der Waals surface area (Å²) in [7, 11) is -7.01. The molecule has 0 saturated carbocycles. The molecule has 0 aliphatic carbocycles. The van der Waals surface area contributed by atoms with Gasteiger partial charge in [0.15, 0.2) is 21.0 Å². The van der Waals surface area contributed by atoms with E-state index in [9.17, 15) is 9.13 Å². The standard InChI is InChI=1S/C15H25O3P.C13H21O5P/c1-11(2)13-8-7-9-14(12(3)4)15(13)17-10-18-19(5,6)16;1-9(2)11-6-5-7-12(10(3)4)13(11)17-8-18-19(14,15)16/h7-9,11-12H,10H2,1-6H3;5-7,9-10H,8H2,1-4H3,(H2,14,15,16). The average Bonchev–Trinajstić information content (AvgIpc) is 2.77. The molecule has 0 unspecified atom stereocenters. The Bertz CT molecular complexity index is 960. The van der Waals surface area contributed by atoms with Gasteiger partial charge in [-0.1, -0.05) is 91.8 Å². The number of para-hydroxylation sites is 2. The second-order valence-electron chi connectivity index (χ2n) is 10.7. The van der Waals surface area contributed by atoms with E-state index in [-0.39, 0.29) is 18.6 Å². The van der Waals surface area contributed by atoms with Crippen molar-refractivity contribution in [2.75, 3.05) is 26.9 Å². The molecule has 0 aromatic heterocycles. The van der Waals surface area contributed by atoms with Crippen LogP contribution in [0.4, 0.5) is 0 Å². The quantitative estimate of drug-likeness (QED) is 0.193. The van der Waals surface area contributed by atoms with Crippen LogP contribution in [0.15, 0.2) is 36.4 Å². The molecule has 0 aliphatic rings. The highest BCUT2D eigenvalue weighted by Crippen LogP contribution is 2.40. The van der Waals surface area contributed by atoms with E-state index < -0.39 is 22.0 Å². The Morgan fingerprint density at radius 1 is 0.605 bits per heavy atom. The third kappa shape index (κ3) is 12.0. The van der Waals surface area contributed by atoms with Gasteiger partial charge in [0.1, 0.15) is 11.5 Å². The van der Waals surface area contributed by atoms with Gasteiger partial charge in [0, 0.05) is 13.3 Å². The number of benzene rings is 2. The maximum absolute atomic E-state index is 11.5. The smallest absolute Gasteiger partial charge is 0.467 e. The van der Waals surface area contributed by atoms with Crippen molar-refractivity contribution in [1.29, 1.82) is 0 Å². The van der Waals surface area contributed by atoms with E-state index in [4.69, 9.17) is 23.8 Å². The van der Waals surface area contributed by atoms with Crippen LogP contribution in [-0.2, 0) is 18.2 Å². The summed E-state index contributed by atoms with van der Waals surface area (Å²) in [5, 5.41) is 0. The predicted molar refractivity (Wildman–Crippen MR) is 154 cm³/mol. The summed E-state index contributed by atoms with van der Waals surface area (Å²) in [5.74, 6) is 2.79. The zero-order chi connectivity index (χ0) is 29.3. The summed E-state index contributed by atoms with van der Waals surface area (Å²) in [5.41, 5.74) is 4.33. The third-order valence-electron chi connectivity index (χ3n) is 5.63. The molecule has 0 radical (unpaired) electrons. The van der Waals surface area contributed by atoms with Crippen molar-refractivity contribution in [3.05, 3.63) is 58.7 Å². The minimum Gasteiger partial charge on any atom is -0.467 e. The van der Waals surface area contributed by atoms with Gasteiger partial charge >= 0.3 is 7.82 Å². The van der Waals surface area contributed by atoms with E-state index in [0.717, 1.165) is 28.0 Å². The van der Waals surface area contributed by atoms with Crippen molar-refractivity contribution in [2.24, 2.45) is 0 Å². The lowest BCUT2D eigenvalue weighted by Crippen LogP contribution is -2.07. The van der Waals surface area contributed by atoms with E-state index >= 15 is 0 Å². The van der Waals surface area contributed by atoms with Gasteiger partial charge in [-0.15, -0.1) is 0 Å². The van der Waals surface area contributed by atoms with Crippen LogP contribution in [0.1, 0.15) is 101 Å². The average molecular weight is 573 g/mol. The molecular formula is C28H46O8P2. The van der Waals surface area contributed by atoms with Crippen LogP contribution < -0.4 is 9.47 Å². The molecule has 0 saturated heterocycles. The van der Waals surface area contributed by atoms with Crippen molar-refractivity contribution in [3.8, 4) is 11.5 Å². The highest BCUT2D eigenvalue weighted by molar-refractivity contribution is 7.57. The predicted octanol–water partition coefficient (Wildman–Crippen LogP) is 8.20. The molecule has 0 amide bonds. The van der Waals surface area contributed by atoms with Crippen LogP contribution in [-0.4, -0.2) is 36.7 Å². The Morgan fingerprint density at radius 2 is 0.895 bits per heavy atom. The molecule has 216 valence electrons. The summed E-state index contributed by atoms with van der Waals surface area (Å²) in [4.78, 5) is 17.3. The van der Waals surface area contributed by atoms with Crippen molar-refractivity contribution in [3.63, 3.8) is 0 Å². The van der Waals surface area contributed by atoms with E-state index in [1.807, 2.05) is 45.9 Å². The number of hydrogen-bond donors (Lipinski definition) is 2. The van der Waals surface area contributed by atoms with Crippen molar-refractivity contribution in [1.82, 2.24) is 0 Å². The molecule has 10 heteroatoms. The fraction of sp³-hybridized carbons (Fsp3) is 0.571. The summed E-state index contributed by atoms with van der Waals surface area (Å²) in [6.07, 6.45) is 0. The normalized spacial score (nSPS) is 12.2. The first-order valence-electron chi connectivity index (χ1n) is 12.8. The number of rotatable bonds is 12. The molecule has 0 fully saturated rings. The summed E-state index contributed by atoms with van der Waals surface area (Å²) >= 11 is 0. The van der Waals surface area contributed by atoms with E-state index in [2.05, 4.69) is 50.4 Å². The first-order chi connectivity index (χ1) is 17.4. The van der Waals surface area contributed by atoms with E-state index in [1.165, 1.54) is 0 Å². The first kappa shape index (κ1) is 34.4. The largest absolute Gasteiger partial charge is 0.472 e. The van der Waals surface area contributed by atoms with Crippen molar-refractivity contribution in [2.45, 2.75) is 79.1 Å². The molecule has 2 rings (SSSR count).